The number of aryl methyl sites for hydroxylation is 2. The number of hydrogen-bond acceptors (Lipinski definition) is 2. The maximum absolute atomic E-state index is 12.6. The van der Waals surface area contributed by atoms with Gasteiger partial charge >= 0.3 is 0 Å². The lowest BCUT2D eigenvalue weighted by Gasteiger charge is -2.17. The minimum atomic E-state index is 0.180. The highest BCUT2D eigenvalue weighted by atomic mass is 16.1. The maximum atomic E-state index is 12.6. The Labute approximate surface area is 123 Å². The molecule has 3 heteroatoms. The predicted octanol–water partition coefficient (Wildman–Crippen LogP) is 3.40. The largest absolute Gasteiger partial charge is 0.313 e. The number of rotatable bonds is 7. The molecular formula is C17H30N2O. The first kappa shape index (κ1) is 17.0. The summed E-state index contributed by atoms with van der Waals surface area (Å²) in [5.74, 6) is 0.615. The lowest BCUT2D eigenvalue weighted by atomic mass is 10.1. The molecule has 114 valence electrons. The van der Waals surface area contributed by atoms with Crippen LogP contribution in [-0.4, -0.2) is 10.6 Å². The van der Waals surface area contributed by atoms with E-state index in [-0.39, 0.29) is 5.56 Å². The van der Waals surface area contributed by atoms with Crippen LogP contribution in [0.1, 0.15) is 57.4 Å². The Morgan fingerprint density at radius 3 is 2.45 bits per heavy atom. The monoisotopic (exact) mass is 278 g/mol. The van der Waals surface area contributed by atoms with Gasteiger partial charge in [-0.15, -0.1) is 0 Å². The van der Waals surface area contributed by atoms with Gasteiger partial charge in [-0.3, -0.25) is 4.79 Å². The molecule has 1 unspecified atom stereocenters. The fourth-order valence-corrected chi connectivity index (χ4v) is 2.27. The minimum Gasteiger partial charge on any atom is -0.313 e. The van der Waals surface area contributed by atoms with Crippen LogP contribution in [0.4, 0.5) is 0 Å². The second-order valence-electron chi connectivity index (χ2n) is 6.28. The second kappa shape index (κ2) is 7.63. The van der Waals surface area contributed by atoms with E-state index in [2.05, 4.69) is 39.1 Å². The van der Waals surface area contributed by atoms with Crippen molar-refractivity contribution in [3.05, 3.63) is 33.2 Å². The Morgan fingerprint density at radius 2 is 1.90 bits per heavy atom. The Bertz CT molecular complexity index is 488. The SMILES string of the molecule is CCC(C)NCc1c(C)cc(C)n(CCC(C)C)c1=O. The van der Waals surface area contributed by atoms with Gasteiger partial charge in [0.05, 0.1) is 0 Å². The summed E-state index contributed by atoms with van der Waals surface area (Å²) < 4.78 is 1.93. The van der Waals surface area contributed by atoms with Crippen molar-refractivity contribution in [2.75, 3.05) is 0 Å². The van der Waals surface area contributed by atoms with Crippen LogP contribution >= 0.6 is 0 Å². The molecule has 20 heavy (non-hydrogen) atoms. The zero-order chi connectivity index (χ0) is 15.3. The topological polar surface area (TPSA) is 34.0 Å². The normalized spacial score (nSPS) is 12.9. The van der Waals surface area contributed by atoms with E-state index in [0.29, 0.717) is 18.5 Å². The van der Waals surface area contributed by atoms with E-state index >= 15 is 0 Å². The van der Waals surface area contributed by atoms with Crippen molar-refractivity contribution in [3.63, 3.8) is 0 Å². The summed E-state index contributed by atoms with van der Waals surface area (Å²) in [6.07, 6.45) is 2.12. The highest BCUT2D eigenvalue weighted by molar-refractivity contribution is 5.26. The predicted molar refractivity (Wildman–Crippen MR) is 86.2 cm³/mol. The van der Waals surface area contributed by atoms with Gasteiger partial charge in [0, 0.05) is 30.4 Å². The summed E-state index contributed by atoms with van der Waals surface area (Å²) in [5, 5.41) is 3.43. The molecule has 3 nitrogen and oxygen atoms in total. The van der Waals surface area contributed by atoms with E-state index in [0.717, 1.165) is 36.2 Å². The summed E-state index contributed by atoms with van der Waals surface area (Å²) in [6, 6.07) is 2.58. The Balaban J connectivity index is 3.00. The van der Waals surface area contributed by atoms with Crippen molar-refractivity contribution in [2.45, 2.75) is 73.5 Å². The third kappa shape index (κ3) is 4.48. The van der Waals surface area contributed by atoms with Crippen molar-refractivity contribution < 1.29 is 0 Å². The third-order valence-electron chi connectivity index (χ3n) is 4.00. The van der Waals surface area contributed by atoms with Gasteiger partial charge in [0.25, 0.3) is 5.56 Å². The van der Waals surface area contributed by atoms with Gasteiger partial charge in [-0.25, -0.2) is 0 Å². The molecule has 0 aromatic carbocycles. The molecule has 1 aromatic rings. The smallest absolute Gasteiger partial charge is 0.255 e. The van der Waals surface area contributed by atoms with Crippen LogP contribution in [-0.2, 0) is 13.1 Å². The molecule has 1 rings (SSSR count). The molecule has 1 N–H and O–H groups in total. The molecule has 0 fully saturated rings. The van der Waals surface area contributed by atoms with Gasteiger partial charge in [0.1, 0.15) is 0 Å². The molecule has 0 aliphatic rings. The van der Waals surface area contributed by atoms with E-state index in [4.69, 9.17) is 0 Å². The standard InChI is InChI=1S/C17H30N2O/c1-7-14(5)18-11-16-13(4)10-15(6)19(17(16)20)9-8-12(2)3/h10,12,14,18H,7-9,11H2,1-6H3. The zero-order valence-electron chi connectivity index (χ0n) is 13.9. The number of pyridine rings is 1. The molecule has 1 heterocycles. The number of nitrogens with zero attached hydrogens (tertiary/aromatic N) is 1. The van der Waals surface area contributed by atoms with Gasteiger partial charge in [0.2, 0.25) is 0 Å². The molecule has 0 saturated carbocycles. The number of hydrogen-bond donors (Lipinski definition) is 1. The Kier molecular flexibility index (Phi) is 6.47. The summed E-state index contributed by atoms with van der Waals surface area (Å²) >= 11 is 0. The van der Waals surface area contributed by atoms with Crippen molar-refractivity contribution in [1.82, 2.24) is 9.88 Å². The molecule has 0 spiro atoms. The number of nitrogens with one attached hydrogen (secondary N) is 1. The van der Waals surface area contributed by atoms with E-state index < -0.39 is 0 Å². The van der Waals surface area contributed by atoms with E-state index in [1.54, 1.807) is 0 Å². The van der Waals surface area contributed by atoms with Crippen molar-refractivity contribution in [2.24, 2.45) is 5.92 Å². The van der Waals surface area contributed by atoms with Gasteiger partial charge < -0.3 is 9.88 Å². The van der Waals surface area contributed by atoms with Crippen molar-refractivity contribution in [1.29, 1.82) is 0 Å². The third-order valence-corrected chi connectivity index (χ3v) is 4.00. The average Bonchev–Trinajstić information content (AvgIpc) is 2.37. The molecule has 0 radical (unpaired) electrons. The molecule has 1 atom stereocenters. The van der Waals surface area contributed by atoms with Gasteiger partial charge in [-0.1, -0.05) is 20.8 Å². The van der Waals surface area contributed by atoms with Gasteiger partial charge in [-0.05, 0) is 51.2 Å². The van der Waals surface area contributed by atoms with Crippen LogP contribution in [0.2, 0.25) is 0 Å². The lowest BCUT2D eigenvalue weighted by molar-refractivity contribution is 0.492. The van der Waals surface area contributed by atoms with Gasteiger partial charge in [-0.2, -0.15) is 0 Å². The summed E-state index contributed by atoms with van der Waals surface area (Å²) in [6.45, 7) is 14.2. The molecule has 0 saturated heterocycles. The zero-order valence-corrected chi connectivity index (χ0v) is 13.9. The quantitative estimate of drug-likeness (QED) is 0.829. The maximum Gasteiger partial charge on any atom is 0.255 e. The summed E-state index contributed by atoms with van der Waals surface area (Å²) in [5.41, 5.74) is 3.27. The highest BCUT2D eigenvalue weighted by Gasteiger charge is 2.11. The fourth-order valence-electron chi connectivity index (χ4n) is 2.27. The van der Waals surface area contributed by atoms with E-state index in [9.17, 15) is 4.79 Å². The van der Waals surface area contributed by atoms with Crippen LogP contribution in [0, 0.1) is 19.8 Å². The van der Waals surface area contributed by atoms with Crippen LogP contribution < -0.4 is 10.9 Å². The van der Waals surface area contributed by atoms with Crippen LogP contribution in [0.5, 0.6) is 0 Å². The van der Waals surface area contributed by atoms with Crippen molar-refractivity contribution >= 4 is 0 Å². The Morgan fingerprint density at radius 1 is 1.25 bits per heavy atom. The summed E-state index contributed by atoms with van der Waals surface area (Å²) in [7, 11) is 0. The van der Waals surface area contributed by atoms with Crippen molar-refractivity contribution in [3.8, 4) is 0 Å². The van der Waals surface area contributed by atoms with E-state index in [1.165, 1.54) is 0 Å². The van der Waals surface area contributed by atoms with Crippen LogP contribution in [0.15, 0.2) is 10.9 Å². The van der Waals surface area contributed by atoms with E-state index in [1.807, 2.05) is 18.4 Å². The first-order valence-electron chi connectivity index (χ1n) is 7.80. The molecule has 0 bridgehead atoms. The Hall–Kier alpha value is -1.09. The fraction of sp³-hybridized carbons (Fsp3) is 0.706. The first-order valence-corrected chi connectivity index (χ1v) is 7.80. The minimum absolute atomic E-state index is 0.180. The highest BCUT2D eigenvalue weighted by Crippen LogP contribution is 2.09. The number of aromatic nitrogens is 1. The molecular weight excluding hydrogens is 248 g/mol. The molecule has 0 amide bonds. The van der Waals surface area contributed by atoms with Crippen LogP contribution in [0.3, 0.4) is 0 Å². The van der Waals surface area contributed by atoms with Gasteiger partial charge in [0.15, 0.2) is 0 Å². The first-order chi connectivity index (χ1) is 9.36. The van der Waals surface area contributed by atoms with Crippen LogP contribution in [0.25, 0.3) is 0 Å². The average molecular weight is 278 g/mol. The molecule has 0 aliphatic heterocycles. The molecule has 0 aliphatic carbocycles. The summed E-state index contributed by atoms with van der Waals surface area (Å²) in [4.78, 5) is 12.6. The second-order valence-corrected chi connectivity index (χ2v) is 6.28. The lowest BCUT2D eigenvalue weighted by Crippen LogP contribution is -2.33. The molecule has 1 aromatic heterocycles.